The maximum absolute atomic E-state index is 12.1. The molecule has 0 radical (unpaired) electrons. The lowest BCUT2D eigenvalue weighted by molar-refractivity contribution is -0.120. The van der Waals surface area contributed by atoms with E-state index in [1.165, 1.54) is 0 Å². The smallest absolute Gasteiger partial charge is 0.224 e. The van der Waals surface area contributed by atoms with E-state index in [0.717, 1.165) is 16.8 Å². The van der Waals surface area contributed by atoms with Gasteiger partial charge in [0.1, 0.15) is 0 Å². The molecule has 1 aromatic heterocycles. The van der Waals surface area contributed by atoms with Crippen LogP contribution in [-0.2, 0) is 17.8 Å². The molecule has 0 aliphatic carbocycles. The maximum atomic E-state index is 12.1. The van der Waals surface area contributed by atoms with E-state index in [4.69, 9.17) is 11.6 Å². The summed E-state index contributed by atoms with van der Waals surface area (Å²) in [5.74, 6) is -0.0206. The molecule has 0 aliphatic heterocycles. The van der Waals surface area contributed by atoms with Crippen molar-refractivity contribution in [3.8, 4) is 5.69 Å². The number of halogens is 1. The third-order valence-corrected chi connectivity index (χ3v) is 3.78. The van der Waals surface area contributed by atoms with Gasteiger partial charge in [-0.3, -0.25) is 4.79 Å². The summed E-state index contributed by atoms with van der Waals surface area (Å²) in [7, 11) is 0. The van der Waals surface area contributed by atoms with E-state index in [9.17, 15) is 4.79 Å². The van der Waals surface area contributed by atoms with Crippen molar-refractivity contribution in [3.63, 3.8) is 0 Å². The fourth-order valence-corrected chi connectivity index (χ4v) is 2.48. The highest BCUT2D eigenvalue weighted by Gasteiger charge is 2.07. The van der Waals surface area contributed by atoms with Crippen LogP contribution in [0.4, 0.5) is 0 Å². The molecule has 4 nitrogen and oxygen atoms in total. The molecule has 0 saturated carbocycles. The second kappa shape index (κ2) is 7.11. The quantitative estimate of drug-likeness (QED) is 0.781. The van der Waals surface area contributed by atoms with Crippen LogP contribution in [0.2, 0.25) is 5.02 Å². The van der Waals surface area contributed by atoms with Gasteiger partial charge in [0.25, 0.3) is 0 Å². The van der Waals surface area contributed by atoms with Crippen molar-refractivity contribution in [2.75, 3.05) is 0 Å². The van der Waals surface area contributed by atoms with Crippen LogP contribution in [-0.4, -0.2) is 15.5 Å². The van der Waals surface area contributed by atoms with E-state index in [0.29, 0.717) is 18.0 Å². The predicted molar refractivity (Wildman–Crippen MR) is 90.6 cm³/mol. The fraction of sp³-hybridized carbons (Fsp3) is 0.111. The minimum atomic E-state index is -0.0206. The standard InChI is InChI=1S/C18H16ClN3O/c19-16-7-5-14(6-8-16)11-18(23)21-12-15-3-1-2-4-17(15)22-10-9-20-13-22/h1-10,13H,11-12H2,(H,21,23). The Morgan fingerprint density at radius 2 is 1.91 bits per heavy atom. The summed E-state index contributed by atoms with van der Waals surface area (Å²) in [5.41, 5.74) is 2.99. The van der Waals surface area contributed by atoms with Gasteiger partial charge in [-0.2, -0.15) is 0 Å². The fourth-order valence-electron chi connectivity index (χ4n) is 2.36. The van der Waals surface area contributed by atoms with Gasteiger partial charge in [-0.25, -0.2) is 4.98 Å². The van der Waals surface area contributed by atoms with E-state index >= 15 is 0 Å². The van der Waals surface area contributed by atoms with Gasteiger partial charge in [-0.15, -0.1) is 0 Å². The number of amides is 1. The Kier molecular flexibility index (Phi) is 4.74. The molecule has 0 fully saturated rings. The molecule has 0 bridgehead atoms. The summed E-state index contributed by atoms with van der Waals surface area (Å²) in [4.78, 5) is 16.2. The number of carbonyl (C=O) groups is 1. The van der Waals surface area contributed by atoms with Gasteiger partial charge in [0, 0.05) is 24.0 Å². The van der Waals surface area contributed by atoms with Crippen LogP contribution < -0.4 is 5.32 Å². The molecule has 0 aliphatic rings. The molecule has 23 heavy (non-hydrogen) atoms. The first-order chi connectivity index (χ1) is 11.2. The zero-order valence-electron chi connectivity index (χ0n) is 12.4. The topological polar surface area (TPSA) is 46.9 Å². The zero-order valence-corrected chi connectivity index (χ0v) is 13.2. The van der Waals surface area contributed by atoms with Crippen LogP contribution in [0.1, 0.15) is 11.1 Å². The number of carbonyl (C=O) groups excluding carboxylic acids is 1. The van der Waals surface area contributed by atoms with Gasteiger partial charge in [-0.05, 0) is 29.3 Å². The Morgan fingerprint density at radius 1 is 1.13 bits per heavy atom. The first-order valence-electron chi connectivity index (χ1n) is 7.30. The van der Waals surface area contributed by atoms with E-state index in [2.05, 4.69) is 10.3 Å². The summed E-state index contributed by atoms with van der Waals surface area (Å²) >= 11 is 5.85. The van der Waals surface area contributed by atoms with Gasteiger partial charge in [0.2, 0.25) is 5.91 Å². The molecule has 1 amide bonds. The Balaban J connectivity index is 1.64. The third kappa shape index (κ3) is 3.99. The van der Waals surface area contributed by atoms with Crippen molar-refractivity contribution in [2.45, 2.75) is 13.0 Å². The molecule has 0 spiro atoms. The van der Waals surface area contributed by atoms with Crippen molar-refractivity contribution in [1.29, 1.82) is 0 Å². The van der Waals surface area contributed by atoms with Crippen LogP contribution >= 0.6 is 11.6 Å². The van der Waals surface area contributed by atoms with E-state index < -0.39 is 0 Å². The average Bonchev–Trinajstić information content (AvgIpc) is 3.10. The summed E-state index contributed by atoms with van der Waals surface area (Å²) in [5, 5.41) is 3.63. The minimum absolute atomic E-state index is 0.0206. The molecule has 116 valence electrons. The highest BCUT2D eigenvalue weighted by atomic mass is 35.5. The van der Waals surface area contributed by atoms with Crippen molar-refractivity contribution < 1.29 is 4.79 Å². The average molecular weight is 326 g/mol. The van der Waals surface area contributed by atoms with Crippen LogP contribution in [0, 0.1) is 0 Å². The van der Waals surface area contributed by atoms with Gasteiger partial charge < -0.3 is 9.88 Å². The minimum Gasteiger partial charge on any atom is -0.352 e. The Bertz CT molecular complexity index is 782. The van der Waals surface area contributed by atoms with Crippen LogP contribution in [0.5, 0.6) is 0 Å². The second-order valence-corrected chi connectivity index (χ2v) is 5.62. The number of hydrogen-bond acceptors (Lipinski definition) is 2. The Labute approximate surface area is 139 Å². The molecule has 0 atom stereocenters. The first-order valence-corrected chi connectivity index (χ1v) is 7.67. The molecular formula is C18H16ClN3O. The number of para-hydroxylation sites is 1. The van der Waals surface area contributed by atoms with Crippen LogP contribution in [0.3, 0.4) is 0 Å². The molecule has 1 N–H and O–H groups in total. The number of imidazole rings is 1. The van der Waals surface area contributed by atoms with Crippen molar-refractivity contribution in [2.24, 2.45) is 0 Å². The summed E-state index contributed by atoms with van der Waals surface area (Å²) in [6.45, 7) is 0.473. The molecule has 3 aromatic rings. The SMILES string of the molecule is O=C(Cc1ccc(Cl)cc1)NCc1ccccc1-n1ccnc1. The first kappa shape index (κ1) is 15.3. The lowest BCUT2D eigenvalue weighted by atomic mass is 10.1. The number of nitrogens with zero attached hydrogens (tertiary/aromatic N) is 2. The van der Waals surface area contributed by atoms with Gasteiger partial charge in [0.15, 0.2) is 0 Å². The summed E-state index contributed by atoms with van der Waals surface area (Å²) < 4.78 is 1.93. The maximum Gasteiger partial charge on any atom is 0.224 e. The zero-order chi connectivity index (χ0) is 16.1. The lowest BCUT2D eigenvalue weighted by Gasteiger charge is -2.11. The van der Waals surface area contributed by atoms with Gasteiger partial charge in [-0.1, -0.05) is 41.9 Å². The summed E-state index contributed by atoms with van der Waals surface area (Å²) in [6, 6.07) is 15.2. The molecule has 0 saturated heterocycles. The molecular weight excluding hydrogens is 310 g/mol. The summed E-state index contributed by atoms with van der Waals surface area (Å²) in [6.07, 6.45) is 5.70. The van der Waals surface area contributed by atoms with E-state index in [1.807, 2.05) is 47.2 Å². The third-order valence-electron chi connectivity index (χ3n) is 3.53. The molecule has 0 unspecified atom stereocenters. The number of benzene rings is 2. The van der Waals surface area contributed by atoms with Crippen LogP contribution in [0.25, 0.3) is 5.69 Å². The number of rotatable bonds is 5. The van der Waals surface area contributed by atoms with Crippen molar-refractivity contribution >= 4 is 17.5 Å². The number of hydrogen-bond donors (Lipinski definition) is 1. The Hall–Kier alpha value is -2.59. The Morgan fingerprint density at radius 3 is 2.65 bits per heavy atom. The highest BCUT2D eigenvalue weighted by Crippen LogP contribution is 2.14. The van der Waals surface area contributed by atoms with Crippen molar-refractivity contribution in [1.82, 2.24) is 14.9 Å². The predicted octanol–water partition coefficient (Wildman–Crippen LogP) is 3.38. The molecule has 1 heterocycles. The molecule has 2 aromatic carbocycles. The second-order valence-electron chi connectivity index (χ2n) is 5.18. The lowest BCUT2D eigenvalue weighted by Crippen LogP contribution is -2.25. The van der Waals surface area contributed by atoms with E-state index in [1.54, 1.807) is 24.7 Å². The number of aromatic nitrogens is 2. The van der Waals surface area contributed by atoms with Gasteiger partial charge >= 0.3 is 0 Å². The van der Waals surface area contributed by atoms with Crippen LogP contribution in [0.15, 0.2) is 67.3 Å². The molecule has 5 heteroatoms. The normalized spacial score (nSPS) is 10.5. The monoisotopic (exact) mass is 325 g/mol. The van der Waals surface area contributed by atoms with Crippen molar-refractivity contribution in [3.05, 3.63) is 83.4 Å². The molecule has 3 rings (SSSR count). The van der Waals surface area contributed by atoms with E-state index in [-0.39, 0.29) is 5.91 Å². The van der Waals surface area contributed by atoms with Gasteiger partial charge in [0.05, 0.1) is 18.4 Å². The largest absolute Gasteiger partial charge is 0.352 e. The number of nitrogens with one attached hydrogen (secondary N) is 1. The highest BCUT2D eigenvalue weighted by molar-refractivity contribution is 6.30.